The third-order valence-electron chi connectivity index (χ3n) is 10.4. The van der Waals surface area contributed by atoms with Gasteiger partial charge in [0, 0.05) is 37.4 Å². The molecule has 11 heteroatoms. The van der Waals surface area contributed by atoms with Gasteiger partial charge in [-0.25, -0.2) is 4.85 Å². The Morgan fingerprint density at radius 2 is 1.48 bits per heavy atom. The molecule has 4 heterocycles. The van der Waals surface area contributed by atoms with Crippen molar-refractivity contribution in [2.24, 2.45) is 0 Å². The van der Waals surface area contributed by atoms with Crippen LogP contribution in [0.5, 0.6) is 0 Å². The van der Waals surface area contributed by atoms with Gasteiger partial charge in [0.2, 0.25) is 0 Å². The lowest BCUT2D eigenvalue weighted by Gasteiger charge is -2.25. The van der Waals surface area contributed by atoms with Gasteiger partial charge in [-0.3, -0.25) is 19.0 Å². The average molecular weight is 808 g/mol. The number of thiophene rings is 2. The summed E-state index contributed by atoms with van der Waals surface area (Å²) in [6.07, 6.45) is 14.5. The third kappa shape index (κ3) is 9.10. The zero-order valence-electron chi connectivity index (χ0n) is 32.4. The summed E-state index contributed by atoms with van der Waals surface area (Å²) in [5.41, 5.74) is 7.68. The highest BCUT2D eigenvalue weighted by Crippen LogP contribution is 2.45. The van der Waals surface area contributed by atoms with Crippen molar-refractivity contribution in [1.29, 1.82) is 0 Å². The molecule has 0 aliphatic carbocycles. The number of hydrogen-bond donors (Lipinski definition) is 2. The Morgan fingerprint density at radius 3 is 2.16 bits per heavy atom. The number of fused-ring (bicyclic) bond motifs is 2. The fraction of sp³-hybridized carbons (Fsp3) is 0.378. The number of aromatic nitrogens is 1. The van der Waals surface area contributed by atoms with Crippen LogP contribution in [-0.2, 0) is 41.8 Å². The predicted octanol–water partition coefficient (Wildman–Crippen LogP) is 9.89. The summed E-state index contributed by atoms with van der Waals surface area (Å²) in [6.45, 7) is 14.2. The molecular formula is C45H49N3O5S3. The number of nitrogens with zero attached hydrogens (tertiary/aromatic N) is 3. The van der Waals surface area contributed by atoms with E-state index >= 15 is 0 Å². The largest absolute Gasteiger partial charge is 0.486 e. The maximum Gasteiger partial charge on any atom is 0.336 e. The second kappa shape index (κ2) is 18.9. The predicted molar refractivity (Wildman–Crippen MR) is 232 cm³/mol. The highest BCUT2D eigenvalue weighted by molar-refractivity contribution is 7.24. The SMILES string of the molecule is [C-]#[N+]/C(C(=O)O)=c1\s/c(=C\c2sc(-c3sc(-c4ccc5c(c4)CCc4ccccc4N5CC)cc3CCCCCC)cc2CCCCCC)c(=O)n1CC(=O)O. The highest BCUT2D eigenvalue weighted by Gasteiger charge is 2.22. The van der Waals surface area contributed by atoms with Gasteiger partial charge in [0.25, 0.3) is 5.56 Å². The molecule has 0 saturated heterocycles. The molecule has 0 amide bonds. The van der Waals surface area contributed by atoms with E-state index in [4.69, 9.17) is 6.57 Å². The van der Waals surface area contributed by atoms with E-state index in [0.717, 1.165) is 95.6 Å². The number of para-hydroxylation sites is 1. The van der Waals surface area contributed by atoms with E-state index < -0.39 is 29.7 Å². The number of carboxylic acids is 2. The van der Waals surface area contributed by atoms with E-state index in [0.29, 0.717) is 0 Å². The van der Waals surface area contributed by atoms with Crippen molar-refractivity contribution in [2.75, 3.05) is 11.4 Å². The molecule has 0 unspecified atom stereocenters. The van der Waals surface area contributed by atoms with Gasteiger partial charge in [-0.15, -0.1) is 34.0 Å². The summed E-state index contributed by atoms with van der Waals surface area (Å²) in [7, 11) is 0. The van der Waals surface area contributed by atoms with Gasteiger partial charge >= 0.3 is 17.6 Å². The molecule has 3 aromatic heterocycles. The Balaban J connectivity index is 1.46. The van der Waals surface area contributed by atoms with Crippen LogP contribution in [0.4, 0.5) is 11.4 Å². The molecule has 2 aromatic carbocycles. The van der Waals surface area contributed by atoms with Gasteiger partial charge in [0.05, 0.1) is 11.1 Å². The number of hydrogen-bond acceptors (Lipinski definition) is 7. The Kier molecular flexibility index (Phi) is 13.8. The van der Waals surface area contributed by atoms with E-state index in [9.17, 15) is 24.6 Å². The Labute approximate surface area is 340 Å². The summed E-state index contributed by atoms with van der Waals surface area (Å²) in [6, 6.07) is 20.3. The fourth-order valence-electron chi connectivity index (χ4n) is 7.53. The van der Waals surface area contributed by atoms with E-state index in [1.54, 1.807) is 17.4 Å². The molecule has 0 bridgehead atoms. The summed E-state index contributed by atoms with van der Waals surface area (Å²) >= 11 is 4.31. The molecule has 2 N–H and O–H groups in total. The van der Waals surface area contributed by atoms with Crippen LogP contribution in [0.15, 0.2) is 59.4 Å². The van der Waals surface area contributed by atoms with E-state index in [1.165, 1.54) is 62.6 Å². The number of benzene rings is 2. The minimum absolute atomic E-state index is 0.156. The summed E-state index contributed by atoms with van der Waals surface area (Å²) in [5, 5.41) is 19.3. The molecule has 1 aliphatic heterocycles. The van der Waals surface area contributed by atoms with E-state index in [1.807, 2.05) is 11.3 Å². The van der Waals surface area contributed by atoms with Crippen LogP contribution >= 0.6 is 34.0 Å². The number of carboxylic acid groups (broad SMARTS) is 2. The van der Waals surface area contributed by atoms with Crippen LogP contribution in [0.1, 0.15) is 99.3 Å². The fourth-order valence-corrected chi connectivity index (χ4v) is 11.2. The van der Waals surface area contributed by atoms with Crippen LogP contribution in [-0.4, -0.2) is 33.3 Å². The number of rotatable bonds is 17. The highest BCUT2D eigenvalue weighted by atomic mass is 32.1. The Bertz CT molecular complexity index is 2440. The van der Waals surface area contributed by atoms with E-state index in [-0.39, 0.29) is 9.20 Å². The number of aryl methyl sites for hydroxylation is 4. The van der Waals surface area contributed by atoms with Gasteiger partial charge < -0.3 is 15.1 Å². The van der Waals surface area contributed by atoms with Crippen molar-refractivity contribution in [3.8, 4) is 20.2 Å². The molecule has 0 spiro atoms. The molecule has 8 nitrogen and oxygen atoms in total. The summed E-state index contributed by atoms with van der Waals surface area (Å²) < 4.78 is 0.956. The maximum atomic E-state index is 13.6. The second-order valence-corrected chi connectivity index (χ2v) is 17.4. The smallest absolute Gasteiger partial charge is 0.336 e. The first-order valence-corrected chi connectivity index (χ1v) is 22.1. The van der Waals surface area contributed by atoms with Gasteiger partial charge in [0.15, 0.2) is 0 Å². The van der Waals surface area contributed by atoms with E-state index in [2.05, 4.69) is 85.1 Å². The molecule has 0 radical (unpaired) electrons. The molecule has 1 aliphatic rings. The van der Waals surface area contributed by atoms with Crippen LogP contribution in [0, 0.1) is 6.57 Å². The lowest BCUT2D eigenvalue weighted by atomic mass is 10.0. The zero-order valence-corrected chi connectivity index (χ0v) is 34.8. The number of aliphatic carboxylic acids is 2. The normalized spacial score (nSPS) is 13.2. The van der Waals surface area contributed by atoms with Crippen LogP contribution < -0.4 is 19.7 Å². The van der Waals surface area contributed by atoms with Crippen molar-refractivity contribution >= 4 is 69.1 Å². The van der Waals surface area contributed by atoms with Crippen LogP contribution in [0.25, 0.3) is 36.8 Å². The molecule has 0 atom stereocenters. The molecule has 5 aromatic rings. The van der Waals surface area contributed by atoms with Crippen molar-refractivity contribution in [3.05, 3.63) is 113 Å². The van der Waals surface area contributed by atoms with Gasteiger partial charge in [-0.05, 0) is 110 Å². The molecule has 0 saturated carbocycles. The van der Waals surface area contributed by atoms with Gasteiger partial charge in [0.1, 0.15) is 11.2 Å². The summed E-state index contributed by atoms with van der Waals surface area (Å²) in [5.74, 6) is -2.78. The second-order valence-electron chi connectivity index (χ2n) is 14.3. The van der Waals surface area contributed by atoms with Crippen LogP contribution in [0.3, 0.4) is 0 Å². The zero-order chi connectivity index (χ0) is 39.8. The first-order valence-electron chi connectivity index (χ1n) is 19.7. The van der Waals surface area contributed by atoms with Crippen LogP contribution in [0.2, 0.25) is 0 Å². The van der Waals surface area contributed by atoms with Gasteiger partial charge in [-0.1, -0.05) is 76.6 Å². The minimum Gasteiger partial charge on any atom is -0.486 e. The lowest BCUT2D eigenvalue weighted by molar-refractivity contribution is -0.138. The van der Waals surface area contributed by atoms with Crippen molar-refractivity contribution in [1.82, 2.24) is 4.57 Å². The first kappa shape index (κ1) is 40.9. The maximum absolute atomic E-state index is 13.6. The number of anilines is 2. The molecule has 6 rings (SSSR count). The number of unbranched alkanes of at least 4 members (excludes halogenated alkanes) is 6. The standard InChI is InChI=1S/C45H49N3O5S3/c1-5-8-10-12-17-31-25-38(54-37(31)27-39-43(51)48(28-40(49)50)44(56-39)41(46-4)45(52)53)42-33(18-13-11-9-6-2)26-36(55-42)32-22-23-35-30(24-32)21-20-29-16-14-15-19-34(29)47(35)7-3/h14-16,19,22-27H,5-13,17-18,20-21,28H2,1-3H3,(H,49,50)(H,52,53)/b39-27-,44-41-. The Morgan fingerprint density at radius 1 is 0.804 bits per heavy atom. The average Bonchev–Trinajstić information content (AvgIpc) is 3.84. The monoisotopic (exact) mass is 807 g/mol. The number of carbonyl (C=O) groups is 2. The molecular weight excluding hydrogens is 759 g/mol. The molecule has 56 heavy (non-hydrogen) atoms. The Hall–Kier alpha value is -4.76. The topological polar surface area (TPSA) is 104 Å². The van der Waals surface area contributed by atoms with Gasteiger partial charge in [-0.2, -0.15) is 0 Å². The van der Waals surface area contributed by atoms with Crippen molar-refractivity contribution in [2.45, 2.75) is 104 Å². The quantitative estimate of drug-likeness (QED) is 0.0717. The number of thiazole rings is 1. The van der Waals surface area contributed by atoms with Crippen molar-refractivity contribution in [3.63, 3.8) is 0 Å². The first-order chi connectivity index (χ1) is 27.2. The molecule has 0 fully saturated rings. The lowest BCUT2D eigenvalue weighted by Crippen LogP contribution is -2.35. The van der Waals surface area contributed by atoms with Crippen molar-refractivity contribution < 1.29 is 19.8 Å². The third-order valence-corrected chi connectivity index (χ3v) is 14.0. The minimum atomic E-state index is -1.50. The molecule has 292 valence electrons. The summed E-state index contributed by atoms with van der Waals surface area (Å²) in [4.78, 5) is 47.4.